The maximum atomic E-state index is 11.9. The van der Waals surface area contributed by atoms with Gasteiger partial charge in [-0.3, -0.25) is 0 Å². The van der Waals surface area contributed by atoms with E-state index in [1.54, 1.807) is 6.92 Å². The molecule has 0 atom stereocenters. The zero-order valence-corrected chi connectivity index (χ0v) is 13.3. The molecule has 1 rings (SSSR count). The predicted octanol–water partition coefficient (Wildman–Crippen LogP) is 3.09. The van der Waals surface area contributed by atoms with E-state index in [0.717, 1.165) is 31.5 Å². The highest BCUT2D eigenvalue weighted by atomic mass is 16.5. The van der Waals surface area contributed by atoms with Gasteiger partial charge in [-0.1, -0.05) is 32.9 Å². The van der Waals surface area contributed by atoms with Gasteiger partial charge in [0.05, 0.1) is 12.3 Å². The Kier molecular flexibility index (Phi) is 6.68. The molecule has 1 heterocycles. The molecule has 0 aliphatic carbocycles. The van der Waals surface area contributed by atoms with Crippen molar-refractivity contribution in [1.82, 2.24) is 15.0 Å². The van der Waals surface area contributed by atoms with E-state index in [-0.39, 0.29) is 5.97 Å². The first kappa shape index (κ1) is 16.7. The van der Waals surface area contributed by atoms with Crippen molar-refractivity contribution in [2.45, 2.75) is 60.4 Å². The van der Waals surface area contributed by atoms with Gasteiger partial charge >= 0.3 is 5.97 Å². The molecule has 20 heavy (non-hydrogen) atoms. The molecular formula is C15H27N3O2. The van der Waals surface area contributed by atoms with Gasteiger partial charge in [0.2, 0.25) is 0 Å². The summed E-state index contributed by atoms with van der Waals surface area (Å²) < 4.78 is 6.92. The van der Waals surface area contributed by atoms with E-state index in [1.807, 2.05) is 4.68 Å². The molecule has 0 N–H and O–H groups in total. The SMILES string of the molecule is CCOC(=O)c1nnn(CCCC(C)C)c1CC(C)C. The van der Waals surface area contributed by atoms with Crippen molar-refractivity contribution in [3.8, 4) is 0 Å². The Balaban J connectivity index is 2.85. The second kappa shape index (κ2) is 8.02. The molecule has 0 spiro atoms. The second-order valence-corrected chi connectivity index (χ2v) is 5.96. The lowest BCUT2D eigenvalue weighted by Gasteiger charge is -2.10. The molecule has 0 aliphatic rings. The van der Waals surface area contributed by atoms with Crippen LogP contribution < -0.4 is 0 Å². The van der Waals surface area contributed by atoms with Gasteiger partial charge in [0.25, 0.3) is 0 Å². The summed E-state index contributed by atoms with van der Waals surface area (Å²) in [7, 11) is 0. The minimum absolute atomic E-state index is 0.361. The fraction of sp³-hybridized carbons (Fsp3) is 0.800. The van der Waals surface area contributed by atoms with Crippen LogP contribution in [-0.4, -0.2) is 27.6 Å². The first-order valence-electron chi connectivity index (χ1n) is 7.55. The van der Waals surface area contributed by atoms with Crippen LogP contribution in [0.3, 0.4) is 0 Å². The topological polar surface area (TPSA) is 57.0 Å². The smallest absolute Gasteiger partial charge is 0.360 e. The average molecular weight is 281 g/mol. The van der Waals surface area contributed by atoms with E-state index in [9.17, 15) is 4.79 Å². The maximum absolute atomic E-state index is 11.9. The summed E-state index contributed by atoms with van der Waals surface area (Å²) in [4.78, 5) is 11.9. The molecule has 0 bridgehead atoms. The lowest BCUT2D eigenvalue weighted by atomic mass is 10.1. The molecule has 0 unspecified atom stereocenters. The molecule has 0 fully saturated rings. The quantitative estimate of drug-likeness (QED) is 0.687. The van der Waals surface area contributed by atoms with Gasteiger partial charge in [-0.25, -0.2) is 9.48 Å². The summed E-state index contributed by atoms with van der Waals surface area (Å²) in [6, 6.07) is 0. The summed E-state index contributed by atoms with van der Waals surface area (Å²) in [6.45, 7) is 11.6. The molecule has 0 saturated carbocycles. The molecule has 114 valence electrons. The number of hydrogen-bond donors (Lipinski definition) is 0. The van der Waals surface area contributed by atoms with E-state index in [2.05, 4.69) is 38.0 Å². The Hall–Kier alpha value is -1.39. The molecular weight excluding hydrogens is 254 g/mol. The van der Waals surface area contributed by atoms with Crippen LogP contribution in [0.4, 0.5) is 0 Å². The Bertz CT molecular complexity index is 425. The van der Waals surface area contributed by atoms with Crippen LogP contribution >= 0.6 is 0 Å². The Morgan fingerprint density at radius 1 is 1.25 bits per heavy atom. The minimum Gasteiger partial charge on any atom is -0.461 e. The van der Waals surface area contributed by atoms with Crippen molar-refractivity contribution in [3.05, 3.63) is 11.4 Å². The van der Waals surface area contributed by atoms with Crippen LogP contribution in [0.5, 0.6) is 0 Å². The van der Waals surface area contributed by atoms with Crippen molar-refractivity contribution in [2.24, 2.45) is 11.8 Å². The van der Waals surface area contributed by atoms with Crippen LogP contribution in [-0.2, 0) is 17.7 Å². The minimum atomic E-state index is -0.363. The first-order chi connectivity index (χ1) is 9.45. The second-order valence-electron chi connectivity index (χ2n) is 5.96. The number of carbonyl (C=O) groups is 1. The lowest BCUT2D eigenvalue weighted by Crippen LogP contribution is -2.13. The first-order valence-corrected chi connectivity index (χ1v) is 7.55. The molecule has 0 radical (unpaired) electrons. The van der Waals surface area contributed by atoms with Gasteiger partial charge in [0.15, 0.2) is 5.69 Å². The Labute approximate surface area is 121 Å². The number of hydrogen-bond acceptors (Lipinski definition) is 4. The third-order valence-corrected chi connectivity index (χ3v) is 3.06. The van der Waals surface area contributed by atoms with Crippen LogP contribution in [0, 0.1) is 11.8 Å². The normalized spacial score (nSPS) is 11.3. The molecule has 1 aromatic heterocycles. The molecule has 0 aromatic carbocycles. The molecule has 5 nitrogen and oxygen atoms in total. The third kappa shape index (κ3) is 4.94. The number of nitrogens with zero attached hydrogens (tertiary/aromatic N) is 3. The van der Waals surface area contributed by atoms with Gasteiger partial charge in [-0.05, 0) is 38.0 Å². The molecule has 5 heteroatoms. The van der Waals surface area contributed by atoms with Crippen molar-refractivity contribution in [1.29, 1.82) is 0 Å². The lowest BCUT2D eigenvalue weighted by molar-refractivity contribution is 0.0517. The maximum Gasteiger partial charge on any atom is 0.360 e. The fourth-order valence-corrected chi connectivity index (χ4v) is 2.11. The zero-order chi connectivity index (χ0) is 15.1. The molecule has 0 amide bonds. The van der Waals surface area contributed by atoms with Gasteiger partial charge in [-0.15, -0.1) is 5.10 Å². The van der Waals surface area contributed by atoms with Crippen LogP contribution in [0.15, 0.2) is 0 Å². The largest absolute Gasteiger partial charge is 0.461 e. The van der Waals surface area contributed by atoms with E-state index in [0.29, 0.717) is 24.1 Å². The number of aromatic nitrogens is 3. The fourth-order valence-electron chi connectivity index (χ4n) is 2.11. The highest BCUT2D eigenvalue weighted by molar-refractivity contribution is 5.88. The summed E-state index contributed by atoms with van der Waals surface area (Å²) in [6.07, 6.45) is 2.99. The van der Waals surface area contributed by atoms with Crippen LogP contribution in [0.1, 0.15) is 63.6 Å². The summed E-state index contributed by atoms with van der Waals surface area (Å²) >= 11 is 0. The predicted molar refractivity (Wildman–Crippen MR) is 78.6 cm³/mol. The van der Waals surface area contributed by atoms with Crippen molar-refractivity contribution < 1.29 is 9.53 Å². The van der Waals surface area contributed by atoms with Gasteiger partial charge in [0.1, 0.15) is 0 Å². The number of rotatable bonds is 8. The average Bonchev–Trinajstić information content (AvgIpc) is 2.71. The highest BCUT2D eigenvalue weighted by Crippen LogP contribution is 2.15. The van der Waals surface area contributed by atoms with E-state index >= 15 is 0 Å². The Morgan fingerprint density at radius 2 is 1.95 bits per heavy atom. The molecule has 0 aliphatic heterocycles. The van der Waals surface area contributed by atoms with E-state index < -0.39 is 0 Å². The van der Waals surface area contributed by atoms with Crippen LogP contribution in [0.2, 0.25) is 0 Å². The summed E-state index contributed by atoms with van der Waals surface area (Å²) in [5.74, 6) is 0.764. The third-order valence-electron chi connectivity index (χ3n) is 3.06. The zero-order valence-electron chi connectivity index (χ0n) is 13.3. The molecule has 1 aromatic rings. The summed E-state index contributed by atoms with van der Waals surface area (Å²) in [5.41, 5.74) is 1.28. The number of esters is 1. The van der Waals surface area contributed by atoms with Crippen molar-refractivity contribution in [2.75, 3.05) is 6.61 Å². The van der Waals surface area contributed by atoms with Crippen LogP contribution in [0.25, 0.3) is 0 Å². The molecule has 0 saturated heterocycles. The van der Waals surface area contributed by atoms with Gasteiger partial charge in [-0.2, -0.15) is 0 Å². The van der Waals surface area contributed by atoms with Gasteiger partial charge < -0.3 is 4.74 Å². The van der Waals surface area contributed by atoms with Crippen molar-refractivity contribution >= 4 is 5.97 Å². The summed E-state index contributed by atoms with van der Waals surface area (Å²) in [5, 5.41) is 8.16. The van der Waals surface area contributed by atoms with Crippen molar-refractivity contribution in [3.63, 3.8) is 0 Å². The van der Waals surface area contributed by atoms with E-state index in [4.69, 9.17) is 4.74 Å². The number of carbonyl (C=O) groups excluding carboxylic acids is 1. The number of aryl methyl sites for hydroxylation is 1. The highest BCUT2D eigenvalue weighted by Gasteiger charge is 2.21. The standard InChI is InChI=1S/C15H27N3O2/c1-6-20-15(19)14-13(10-12(4)5)18(17-16-14)9-7-8-11(2)3/h11-12H,6-10H2,1-5H3. The van der Waals surface area contributed by atoms with E-state index in [1.165, 1.54) is 0 Å². The number of ether oxygens (including phenoxy) is 1. The monoisotopic (exact) mass is 281 g/mol. The van der Waals surface area contributed by atoms with Gasteiger partial charge in [0, 0.05) is 6.54 Å². The Morgan fingerprint density at radius 3 is 2.50 bits per heavy atom.